The summed E-state index contributed by atoms with van der Waals surface area (Å²) in [5, 5.41) is 11.4. The number of benzene rings is 1. The summed E-state index contributed by atoms with van der Waals surface area (Å²) in [5.41, 5.74) is 0.0604. The van der Waals surface area contributed by atoms with Gasteiger partial charge in [-0.15, -0.1) is 0 Å². The van der Waals surface area contributed by atoms with Crippen molar-refractivity contribution < 1.29 is 33.3 Å². The molecule has 32 heavy (non-hydrogen) atoms. The molecule has 1 aliphatic rings. The van der Waals surface area contributed by atoms with Crippen molar-refractivity contribution in [2.75, 3.05) is 27.4 Å². The van der Waals surface area contributed by atoms with Crippen molar-refractivity contribution in [1.29, 1.82) is 0 Å². The van der Waals surface area contributed by atoms with Crippen molar-refractivity contribution in [2.24, 2.45) is 0 Å². The van der Waals surface area contributed by atoms with Gasteiger partial charge in [-0.1, -0.05) is 11.6 Å². The molecule has 9 heteroatoms. The Labute approximate surface area is 191 Å². The number of carbonyl (C=O) groups excluding carboxylic acids is 2. The predicted molar refractivity (Wildman–Crippen MR) is 118 cm³/mol. The highest BCUT2D eigenvalue weighted by molar-refractivity contribution is 6.46. The van der Waals surface area contributed by atoms with Crippen molar-refractivity contribution in [2.45, 2.75) is 32.4 Å². The number of aliphatic hydroxyl groups excluding tert-OH is 1. The maximum Gasteiger partial charge on any atom is 0.295 e. The minimum atomic E-state index is -0.894. The molecule has 1 fully saturated rings. The Bertz CT molecular complexity index is 1010. The minimum Gasteiger partial charge on any atom is -0.507 e. The number of ether oxygens (including phenoxy) is 3. The van der Waals surface area contributed by atoms with Crippen LogP contribution in [-0.4, -0.2) is 55.2 Å². The van der Waals surface area contributed by atoms with Crippen LogP contribution in [0.3, 0.4) is 0 Å². The van der Waals surface area contributed by atoms with Gasteiger partial charge >= 0.3 is 0 Å². The fourth-order valence-corrected chi connectivity index (χ4v) is 3.84. The molecule has 1 saturated heterocycles. The molecule has 1 aromatic heterocycles. The number of carbonyl (C=O) groups is 2. The maximum atomic E-state index is 13.0. The third-order valence-corrected chi connectivity index (χ3v) is 5.37. The van der Waals surface area contributed by atoms with Crippen LogP contribution in [0.15, 0.2) is 40.5 Å². The van der Waals surface area contributed by atoms with Gasteiger partial charge in [-0.05, 0) is 38.5 Å². The highest BCUT2D eigenvalue weighted by Crippen LogP contribution is 2.43. The van der Waals surface area contributed by atoms with Crippen molar-refractivity contribution in [3.8, 4) is 11.5 Å². The van der Waals surface area contributed by atoms with Crippen molar-refractivity contribution in [1.82, 2.24) is 4.90 Å². The minimum absolute atomic E-state index is 0.0542. The Kier molecular flexibility index (Phi) is 7.48. The molecule has 172 valence electrons. The van der Waals surface area contributed by atoms with E-state index in [1.807, 2.05) is 13.8 Å². The summed E-state index contributed by atoms with van der Waals surface area (Å²) < 4.78 is 21.6. The molecule has 1 aromatic carbocycles. The summed E-state index contributed by atoms with van der Waals surface area (Å²) in [4.78, 5) is 27.3. The fourth-order valence-electron chi connectivity index (χ4n) is 3.60. The SMILES string of the molecule is COc1cc(OC)c(/C(O)=C2/C(=O)C(=O)N(CCCOC(C)C)C2c2ccco2)cc1Cl. The van der Waals surface area contributed by atoms with E-state index in [0.29, 0.717) is 24.5 Å². The number of hydrogen-bond donors (Lipinski definition) is 1. The third kappa shape index (κ3) is 4.61. The third-order valence-electron chi connectivity index (χ3n) is 5.08. The molecule has 0 spiro atoms. The normalized spacial score (nSPS) is 17.9. The van der Waals surface area contributed by atoms with E-state index < -0.39 is 23.5 Å². The molecule has 1 N–H and O–H groups in total. The molecule has 8 nitrogen and oxygen atoms in total. The topological polar surface area (TPSA) is 98.4 Å². The molecule has 1 atom stereocenters. The van der Waals surface area contributed by atoms with Crippen LogP contribution >= 0.6 is 11.6 Å². The van der Waals surface area contributed by atoms with E-state index in [0.717, 1.165) is 0 Å². The highest BCUT2D eigenvalue weighted by atomic mass is 35.5. The Morgan fingerprint density at radius 1 is 1.22 bits per heavy atom. The predicted octanol–water partition coefficient (Wildman–Crippen LogP) is 4.19. The van der Waals surface area contributed by atoms with Crippen molar-refractivity contribution in [3.05, 3.63) is 52.4 Å². The quantitative estimate of drug-likeness (QED) is 0.257. The van der Waals surface area contributed by atoms with E-state index in [4.69, 9.17) is 30.2 Å². The summed E-state index contributed by atoms with van der Waals surface area (Å²) in [6, 6.07) is 5.34. The number of amides is 1. The lowest BCUT2D eigenvalue weighted by molar-refractivity contribution is -0.140. The molecule has 1 aliphatic heterocycles. The van der Waals surface area contributed by atoms with E-state index in [2.05, 4.69) is 0 Å². The van der Waals surface area contributed by atoms with E-state index in [1.54, 1.807) is 12.1 Å². The molecular weight excluding hydrogens is 438 g/mol. The first-order valence-corrected chi connectivity index (χ1v) is 10.5. The number of halogens is 1. The van der Waals surface area contributed by atoms with Crippen LogP contribution in [-0.2, 0) is 14.3 Å². The molecular formula is C23H26ClNO7. The lowest BCUT2D eigenvalue weighted by Gasteiger charge is -2.23. The first kappa shape index (κ1) is 23.7. The molecule has 1 unspecified atom stereocenters. The zero-order valence-corrected chi connectivity index (χ0v) is 19.1. The zero-order valence-electron chi connectivity index (χ0n) is 18.4. The van der Waals surface area contributed by atoms with Gasteiger partial charge in [0.2, 0.25) is 0 Å². The Balaban J connectivity index is 2.07. The number of rotatable bonds is 9. The Morgan fingerprint density at radius 2 is 1.94 bits per heavy atom. The van der Waals surface area contributed by atoms with Crippen LogP contribution in [0.4, 0.5) is 0 Å². The van der Waals surface area contributed by atoms with Crippen LogP contribution in [0.25, 0.3) is 5.76 Å². The van der Waals surface area contributed by atoms with Gasteiger partial charge in [0.15, 0.2) is 0 Å². The van der Waals surface area contributed by atoms with Gasteiger partial charge in [0.25, 0.3) is 11.7 Å². The Morgan fingerprint density at radius 3 is 2.53 bits per heavy atom. The molecule has 0 radical (unpaired) electrons. The highest BCUT2D eigenvalue weighted by Gasteiger charge is 2.47. The van der Waals surface area contributed by atoms with Crippen molar-refractivity contribution >= 4 is 29.1 Å². The lowest BCUT2D eigenvalue weighted by Crippen LogP contribution is -2.31. The molecule has 2 heterocycles. The van der Waals surface area contributed by atoms with Gasteiger partial charge in [0, 0.05) is 19.2 Å². The van der Waals surface area contributed by atoms with E-state index >= 15 is 0 Å². The van der Waals surface area contributed by atoms with E-state index in [-0.39, 0.29) is 34.6 Å². The smallest absolute Gasteiger partial charge is 0.295 e. The van der Waals surface area contributed by atoms with Gasteiger partial charge in [-0.25, -0.2) is 0 Å². The number of aliphatic hydroxyl groups is 1. The average molecular weight is 464 g/mol. The summed E-state index contributed by atoms with van der Waals surface area (Å²) in [6.45, 7) is 4.51. The monoisotopic (exact) mass is 463 g/mol. The first-order valence-electron chi connectivity index (χ1n) is 10.1. The summed E-state index contributed by atoms with van der Waals surface area (Å²) in [6.07, 6.45) is 2.01. The molecule has 3 rings (SSSR count). The number of nitrogens with zero attached hydrogens (tertiary/aromatic N) is 1. The lowest BCUT2D eigenvalue weighted by atomic mass is 9.98. The van der Waals surface area contributed by atoms with Crippen molar-refractivity contribution in [3.63, 3.8) is 0 Å². The van der Waals surface area contributed by atoms with Crippen LogP contribution in [0, 0.1) is 0 Å². The number of likely N-dealkylation sites (tertiary alicyclic amines) is 1. The number of Topliss-reactive ketones (excluding diaryl/α,β-unsaturated/α-hetero) is 1. The van der Waals surface area contributed by atoms with E-state index in [9.17, 15) is 14.7 Å². The number of ketones is 1. The summed E-state index contributed by atoms with van der Waals surface area (Å²) in [7, 11) is 2.86. The molecule has 0 bridgehead atoms. The fraction of sp³-hybridized carbons (Fsp3) is 0.391. The first-order chi connectivity index (χ1) is 15.3. The van der Waals surface area contributed by atoms with Crippen LogP contribution in [0.2, 0.25) is 5.02 Å². The number of hydrogen-bond acceptors (Lipinski definition) is 7. The number of methoxy groups -OCH3 is 2. The second kappa shape index (κ2) is 10.1. The second-order valence-electron chi connectivity index (χ2n) is 7.47. The van der Waals surface area contributed by atoms with Crippen LogP contribution in [0.1, 0.15) is 37.6 Å². The summed E-state index contributed by atoms with van der Waals surface area (Å²) >= 11 is 6.24. The standard InChI is InChI=1S/C23H26ClNO7/c1-13(2)31-10-6-8-25-20(16-7-5-9-32-16)19(22(27)23(25)28)21(26)14-11-15(24)18(30-4)12-17(14)29-3/h5,7,9,11-13,20,26H,6,8,10H2,1-4H3/b21-19-. The van der Waals surface area contributed by atoms with Crippen LogP contribution in [0.5, 0.6) is 11.5 Å². The van der Waals surface area contributed by atoms with Gasteiger partial charge in [-0.2, -0.15) is 0 Å². The van der Waals surface area contributed by atoms with E-state index in [1.165, 1.54) is 37.5 Å². The average Bonchev–Trinajstić information content (AvgIpc) is 3.38. The van der Waals surface area contributed by atoms with Gasteiger partial charge in [0.1, 0.15) is 29.1 Å². The van der Waals surface area contributed by atoms with Crippen LogP contribution < -0.4 is 9.47 Å². The van der Waals surface area contributed by atoms with Gasteiger partial charge in [0.05, 0.1) is 42.7 Å². The van der Waals surface area contributed by atoms with Gasteiger partial charge in [-0.3, -0.25) is 9.59 Å². The Hall–Kier alpha value is -2.97. The molecule has 2 aromatic rings. The number of furan rings is 1. The molecule has 0 saturated carbocycles. The van der Waals surface area contributed by atoms with Gasteiger partial charge < -0.3 is 28.6 Å². The largest absolute Gasteiger partial charge is 0.507 e. The summed E-state index contributed by atoms with van der Waals surface area (Å²) in [5.74, 6) is -1.02. The second-order valence-corrected chi connectivity index (χ2v) is 7.88. The molecule has 0 aliphatic carbocycles. The maximum absolute atomic E-state index is 13.0. The zero-order chi connectivity index (χ0) is 23.4. The molecule has 1 amide bonds.